The molecule has 0 bridgehead atoms. The van der Waals surface area contributed by atoms with Crippen LogP contribution in [0.4, 0.5) is 0 Å². The highest BCUT2D eigenvalue weighted by Gasteiger charge is 2.28. The quantitative estimate of drug-likeness (QED) is 0.595. The second-order valence-corrected chi connectivity index (χ2v) is 4.02. The number of rotatable bonds is 1. The predicted molar refractivity (Wildman–Crippen MR) is 44.8 cm³/mol. The molecule has 60 valence electrons. The molecule has 2 atom stereocenters. The van der Waals surface area contributed by atoms with Crippen LogP contribution in [-0.2, 0) is 0 Å². The Bertz CT molecular complexity index is 111. The molecule has 0 heterocycles. The summed E-state index contributed by atoms with van der Waals surface area (Å²) in [6, 6.07) is 0.485. The van der Waals surface area contributed by atoms with E-state index >= 15 is 0 Å². The predicted octanol–water partition coefficient (Wildman–Crippen LogP) is 2.30. The molecule has 0 saturated heterocycles. The molecule has 1 rings (SSSR count). The van der Waals surface area contributed by atoms with Gasteiger partial charge in [0.25, 0.3) is 0 Å². The Morgan fingerprint density at radius 3 is 2.70 bits per heavy atom. The van der Waals surface area contributed by atoms with Crippen LogP contribution in [-0.4, -0.2) is 6.04 Å². The lowest BCUT2D eigenvalue weighted by atomic mass is 9.72. The van der Waals surface area contributed by atoms with Crippen molar-refractivity contribution in [3.63, 3.8) is 0 Å². The van der Waals surface area contributed by atoms with Crippen molar-refractivity contribution in [2.24, 2.45) is 11.1 Å². The van der Waals surface area contributed by atoms with E-state index in [1.54, 1.807) is 0 Å². The van der Waals surface area contributed by atoms with Crippen LogP contribution in [0, 0.1) is 5.41 Å². The molecule has 0 aromatic heterocycles. The highest BCUT2D eigenvalue weighted by Crippen LogP contribution is 2.37. The summed E-state index contributed by atoms with van der Waals surface area (Å²) in [6.45, 7) is 4.64. The van der Waals surface area contributed by atoms with Crippen molar-refractivity contribution < 1.29 is 0 Å². The molecule has 0 aromatic carbocycles. The molecule has 10 heavy (non-hydrogen) atoms. The fraction of sp³-hybridized carbons (Fsp3) is 1.00. The van der Waals surface area contributed by atoms with Crippen LogP contribution in [0.3, 0.4) is 0 Å². The van der Waals surface area contributed by atoms with Gasteiger partial charge in [-0.2, -0.15) is 0 Å². The van der Waals surface area contributed by atoms with Crippen LogP contribution in [0.25, 0.3) is 0 Å². The first kappa shape index (κ1) is 8.06. The molecule has 0 aromatic rings. The van der Waals surface area contributed by atoms with Crippen molar-refractivity contribution in [2.45, 2.75) is 52.0 Å². The lowest BCUT2D eigenvalue weighted by molar-refractivity contribution is 0.188. The van der Waals surface area contributed by atoms with Gasteiger partial charge in [-0.25, -0.2) is 0 Å². The molecule has 2 unspecified atom stereocenters. The molecule has 0 amide bonds. The monoisotopic (exact) mass is 141 g/mol. The summed E-state index contributed by atoms with van der Waals surface area (Å²) in [5.74, 6) is 0. The minimum atomic E-state index is 0.485. The summed E-state index contributed by atoms with van der Waals surface area (Å²) in [7, 11) is 0. The third-order valence-corrected chi connectivity index (χ3v) is 2.96. The fourth-order valence-electron chi connectivity index (χ4n) is 1.95. The normalized spacial score (nSPS) is 41.7. The maximum Gasteiger partial charge on any atom is 0.00440 e. The smallest absolute Gasteiger partial charge is 0.00440 e. The van der Waals surface area contributed by atoms with Gasteiger partial charge in [0, 0.05) is 6.04 Å². The van der Waals surface area contributed by atoms with Gasteiger partial charge in [-0.15, -0.1) is 0 Å². The minimum Gasteiger partial charge on any atom is -0.328 e. The van der Waals surface area contributed by atoms with Gasteiger partial charge >= 0.3 is 0 Å². The SMILES string of the molecule is CCC1(C)CCCC(N)C1. The van der Waals surface area contributed by atoms with Gasteiger partial charge in [0.15, 0.2) is 0 Å². The molecular weight excluding hydrogens is 122 g/mol. The van der Waals surface area contributed by atoms with Crippen LogP contribution in [0.1, 0.15) is 46.0 Å². The zero-order valence-electron chi connectivity index (χ0n) is 7.19. The van der Waals surface area contributed by atoms with Crippen molar-refractivity contribution in [3.8, 4) is 0 Å². The van der Waals surface area contributed by atoms with E-state index in [-0.39, 0.29) is 0 Å². The molecule has 2 N–H and O–H groups in total. The van der Waals surface area contributed by atoms with Crippen molar-refractivity contribution in [2.75, 3.05) is 0 Å². The molecule has 1 saturated carbocycles. The molecule has 1 aliphatic rings. The van der Waals surface area contributed by atoms with E-state index in [0.29, 0.717) is 11.5 Å². The third-order valence-electron chi connectivity index (χ3n) is 2.96. The van der Waals surface area contributed by atoms with Crippen molar-refractivity contribution in [3.05, 3.63) is 0 Å². The first-order valence-electron chi connectivity index (χ1n) is 4.42. The Morgan fingerprint density at radius 2 is 2.30 bits per heavy atom. The second-order valence-electron chi connectivity index (χ2n) is 4.02. The van der Waals surface area contributed by atoms with Crippen LogP contribution in [0.15, 0.2) is 0 Å². The molecule has 0 radical (unpaired) electrons. The van der Waals surface area contributed by atoms with Gasteiger partial charge in [-0.1, -0.05) is 26.7 Å². The summed E-state index contributed by atoms with van der Waals surface area (Å²) < 4.78 is 0. The topological polar surface area (TPSA) is 26.0 Å². The molecule has 1 heteroatoms. The minimum absolute atomic E-state index is 0.485. The van der Waals surface area contributed by atoms with Crippen LogP contribution in [0.2, 0.25) is 0 Å². The standard InChI is InChI=1S/C9H19N/c1-3-9(2)6-4-5-8(10)7-9/h8H,3-7,10H2,1-2H3. The Balaban J connectivity index is 2.45. The fourth-order valence-corrected chi connectivity index (χ4v) is 1.95. The second kappa shape index (κ2) is 2.91. The molecular formula is C9H19N. The van der Waals surface area contributed by atoms with Gasteiger partial charge in [0.05, 0.1) is 0 Å². The van der Waals surface area contributed by atoms with Crippen molar-refractivity contribution in [1.82, 2.24) is 0 Å². The molecule has 0 spiro atoms. The first-order chi connectivity index (χ1) is 4.66. The van der Waals surface area contributed by atoms with E-state index in [4.69, 9.17) is 5.73 Å². The van der Waals surface area contributed by atoms with Crippen molar-refractivity contribution in [1.29, 1.82) is 0 Å². The average molecular weight is 141 g/mol. The molecule has 1 nitrogen and oxygen atoms in total. The molecule has 1 fully saturated rings. The van der Waals surface area contributed by atoms with Crippen LogP contribution < -0.4 is 5.73 Å². The van der Waals surface area contributed by atoms with Crippen LogP contribution >= 0.6 is 0 Å². The van der Waals surface area contributed by atoms with Gasteiger partial charge in [0.1, 0.15) is 0 Å². The van der Waals surface area contributed by atoms with Crippen LogP contribution in [0.5, 0.6) is 0 Å². The number of nitrogens with two attached hydrogens (primary N) is 1. The molecule has 0 aliphatic heterocycles. The van der Waals surface area contributed by atoms with E-state index in [1.807, 2.05) is 0 Å². The third kappa shape index (κ3) is 1.72. The maximum absolute atomic E-state index is 5.89. The lowest BCUT2D eigenvalue weighted by Gasteiger charge is -2.35. The largest absolute Gasteiger partial charge is 0.328 e. The summed E-state index contributed by atoms with van der Waals surface area (Å²) in [5, 5.41) is 0. The number of hydrogen-bond acceptors (Lipinski definition) is 1. The van der Waals surface area contributed by atoms with Gasteiger partial charge in [-0.05, 0) is 24.7 Å². The molecule has 1 aliphatic carbocycles. The Labute approximate surface area is 64.0 Å². The highest BCUT2D eigenvalue weighted by atomic mass is 14.6. The van der Waals surface area contributed by atoms with Gasteiger partial charge in [0.2, 0.25) is 0 Å². The highest BCUT2D eigenvalue weighted by molar-refractivity contribution is 4.83. The summed E-state index contributed by atoms with van der Waals surface area (Å²) >= 11 is 0. The Hall–Kier alpha value is -0.0400. The van der Waals surface area contributed by atoms with Crippen molar-refractivity contribution >= 4 is 0 Å². The van der Waals surface area contributed by atoms with E-state index in [0.717, 1.165) is 0 Å². The van der Waals surface area contributed by atoms with E-state index < -0.39 is 0 Å². The summed E-state index contributed by atoms with van der Waals surface area (Å²) in [6.07, 6.45) is 6.50. The average Bonchev–Trinajstić information content (AvgIpc) is 1.88. The van der Waals surface area contributed by atoms with E-state index in [9.17, 15) is 0 Å². The zero-order chi connectivity index (χ0) is 7.61. The maximum atomic E-state index is 5.89. The van der Waals surface area contributed by atoms with Gasteiger partial charge < -0.3 is 5.73 Å². The van der Waals surface area contributed by atoms with E-state index in [2.05, 4.69) is 13.8 Å². The Morgan fingerprint density at radius 1 is 1.60 bits per heavy atom. The van der Waals surface area contributed by atoms with Gasteiger partial charge in [-0.3, -0.25) is 0 Å². The number of hydrogen-bond donors (Lipinski definition) is 1. The zero-order valence-corrected chi connectivity index (χ0v) is 7.19. The first-order valence-corrected chi connectivity index (χ1v) is 4.42. The summed E-state index contributed by atoms with van der Waals surface area (Å²) in [4.78, 5) is 0. The Kier molecular flexibility index (Phi) is 2.35. The van der Waals surface area contributed by atoms with E-state index in [1.165, 1.54) is 32.1 Å². The summed E-state index contributed by atoms with van der Waals surface area (Å²) in [5.41, 5.74) is 6.45. The lowest BCUT2D eigenvalue weighted by Crippen LogP contribution is -2.33.